The number of hydrogen-bond acceptors (Lipinski definition) is 2. The lowest BCUT2D eigenvalue weighted by Crippen LogP contribution is -1.96. The largest absolute Gasteiger partial charge is 0.397 e. The second-order valence-electron chi connectivity index (χ2n) is 3.49. The summed E-state index contributed by atoms with van der Waals surface area (Å²) in [6.07, 6.45) is 0. The van der Waals surface area contributed by atoms with Gasteiger partial charge in [-0.2, -0.15) is 0 Å². The lowest BCUT2D eigenvalue weighted by molar-refractivity contribution is 0.628. The van der Waals surface area contributed by atoms with E-state index in [4.69, 9.17) is 17.3 Å². The van der Waals surface area contributed by atoms with E-state index in [1.165, 1.54) is 12.1 Å². The van der Waals surface area contributed by atoms with Crippen LogP contribution in [0.3, 0.4) is 0 Å². The Kier molecular flexibility index (Phi) is 3.54. The molecule has 0 radical (unpaired) electrons. The highest BCUT2D eigenvalue weighted by Gasteiger charge is 2.03. The van der Waals surface area contributed by atoms with Crippen LogP contribution in [0.4, 0.5) is 21.5 Å². The van der Waals surface area contributed by atoms with Crippen molar-refractivity contribution >= 4 is 44.6 Å². The maximum atomic E-state index is 12.9. The molecule has 0 amide bonds. The Balaban J connectivity index is 2.28. The van der Waals surface area contributed by atoms with Crippen molar-refractivity contribution in [2.45, 2.75) is 0 Å². The number of benzene rings is 2. The van der Waals surface area contributed by atoms with E-state index in [-0.39, 0.29) is 5.82 Å². The van der Waals surface area contributed by atoms with Crippen LogP contribution in [0.5, 0.6) is 0 Å². The molecule has 0 heterocycles. The van der Waals surface area contributed by atoms with E-state index < -0.39 is 0 Å². The van der Waals surface area contributed by atoms with Gasteiger partial charge in [0, 0.05) is 10.2 Å². The summed E-state index contributed by atoms with van der Waals surface area (Å²) >= 11 is 9.21. The Bertz CT molecular complexity index is 560. The molecule has 0 unspecified atom stereocenters. The van der Waals surface area contributed by atoms with Gasteiger partial charge in [-0.25, -0.2) is 4.39 Å². The van der Waals surface area contributed by atoms with E-state index in [1.54, 1.807) is 12.1 Å². The van der Waals surface area contributed by atoms with Crippen LogP contribution in [0.15, 0.2) is 40.9 Å². The monoisotopic (exact) mass is 314 g/mol. The van der Waals surface area contributed by atoms with Gasteiger partial charge < -0.3 is 11.1 Å². The molecular weight excluding hydrogens is 307 g/mol. The molecule has 2 aromatic carbocycles. The molecule has 2 aromatic rings. The van der Waals surface area contributed by atoms with Crippen LogP contribution in [0.2, 0.25) is 5.02 Å². The minimum absolute atomic E-state index is 0.356. The molecule has 0 bridgehead atoms. The van der Waals surface area contributed by atoms with E-state index in [1.807, 2.05) is 12.1 Å². The average Bonchev–Trinajstić information content (AvgIpc) is 2.27. The zero-order valence-electron chi connectivity index (χ0n) is 8.68. The summed E-state index contributed by atoms with van der Waals surface area (Å²) in [5.74, 6) is -0.356. The predicted octanol–water partition coefficient (Wildman–Crippen LogP) is 4.57. The van der Waals surface area contributed by atoms with Gasteiger partial charge in [-0.15, -0.1) is 0 Å². The molecule has 0 aliphatic rings. The fourth-order valence-corrected chi connectivity index (χ4v) is 1.87. The summed E-state index contributed by atoms with van der Waals surface area (Å²) in [6.45, 7) is 0. The number of nitrogens with two attached hydrogens (primary N) is 1. The lowest BCUT2D eigenvalue weighted by atomic mass is 10.2. The van der Waals surface area contributed by atoms with Crippen molar-refractivity contribution in [1.82, 2.24) is 0 Å². The van der Waals surface area contributed by atoms with Crippen molar-refractivity contribution in [2.24, 2.45) is 0 Å². The van der Waals surface area contributed by atoms with Crippen LogP contribution in [0.25, 0.3) is 0 Å². The van der Waals surface area contributed by atoms with Gasteiger partial charge in [0.25, 0.3) is 0 Å². The molecule has 17 heavy (non-hydrogen) atoms. The quantitative estimate of drug-likeness (QED) is 0.797. The topological polar surface area (TPSA) is 38.0 Å². The van der Waals surface area contributed by atoms with Gasteiger partial charge >= 0.3 is 0 Å². The van der Waals surface area contributed by atoms with Crippen molar-refractivity contribution in [3.05, 3.63) is 51.7 Å². The van der Waals surface area contributed by atoms with Crippen LogP contribution < -0.4 is 11.1 Å². The van der Waals surface area contributed by atoms with E-state index >= 15 is 0 Å². The first-order chi connectivity index (χ1) is 8.06. The van der Waals surface area contributed by atoms with Crippen molar-refractivity contribution in [1.29, 1.82) is 0 Å². The number of nitrogens with one attached hydrogen (secondary N) is 1. The third kappa shape index (κ3) is 2.90. The first-order valence-corrected chi connectivity index (χ1v) is 6.00. The van der Waals surface area contributed by atoms with Crippen molar-refractivity contribution in [3.8, 4) is 0 Å². The Morgan fingerprint density at radius 1 is 1.18 bits per heavy atom. The van der Waals surface area contributed by atoms with Gasteiger partial charge in [0.2, 0.25) is 0 Å². The van der Waals surface area contributed by atoms with Crippen LogP contribution in [-0.4, -0.2) is 0 Å². The average molecular weight is 316 g/mol. The molecule has 0 aliphatic heterocycles. The normalized spacial score (nSPS) is 10.3. The lowest BCUT2D eigenvalue weighted by Gasteiger charge is -2.10. The number of nitrogen functional groups attached to an aromatic ring is 1. The van der Waals surface area contributed by atoms with Crippen molar-refractivity contribution < 1.29 is 4.39 Å². The Labute approximate surface area is 112 Å². The molecule has 0 saturated heterocycles. The molecule has 88 valence electrons. The van der Waals surface area contributed by atoms with Gasteiger partial charge in [-0.05, 0) is 52.3 Å². The first-order valence-electron chi connectivity index (χ1n) is 4.83. The van der Waals surface area contributed by atoms with Gasteiger partial charge in [0.05, 0.1) is 16.4 Å². The van der Waals surface area contributed by atoms with Crippen molar-refractivity contribution in [3.63, 3.8) is 0 Å². The summed E-state index contributed by atoms with van der Waals surface area (Å²) < 4.78 is 13.7. The maximum Gasteiger partial charge on any atom is 0.125 e. The summed E-state index contributed by atoms with van der Waals surface area (Å²) in [7, 11) is 0. The predicted molar refractivity (Wildman–Crippen MR) is 73.2 cm³/mol. The second-order valence-corrected chi connectivity index (χ2v) is 4.75. The molecule has 3 N–H and O–H groups in total. The molecule has 2 rings (SSSR count). The van der Waals surface area contributed by atoms with E-state index in [0.29, 0.717) is 16.4 Å². The van der Waals surface area contributed by atoms with Crippen LogP contribution in [-0.2, 0) is 0 Å². The van der Waals surface area contributed by atoms with Crippen LogP contribution in [0, 0.1) is 5.82 Å². The fourth-order valence-electron chi connectivity index (χ4n) is 1.38. The van der Waals surface area contributed by atoms with Crippen LogP contribution in [0.1, 0.15) is 0 Å². The maximum absolute atomic E-state index is 12.9. The fraction of sp³-hybridized carbons (Fsp3) is 0. The number of anilines is 3. The standard InChI is InChI=1S/C12H9BrClFN2/c13-9-6-8(2-3-10(9)14)17-12-4-1-7(15)5-11(12)16/h1-6,17H,16H2. The van der Waals surface area contributed by atoms with Gasteiger partial charge in [0.1, 0.15) is 5.82 Å². The molecule has 0 aromatic heterocycles. The third-order valence-electron chi connectivity index (χ3n) is 2.21. The third-order valence-corrected chi connectivity index (χ3v) is 3.43. The Hall–Kier alpha value is -1.26. The molecule has 0 atom stereocenters. The second kappa shape index (κ2) is 4.94. The summed E-state index contributed by atoms with van der Waals surface area (Å²) in [5.41, 5.74) is 7.53. The number of rotatable bonds is 2. The minimum Gasteiger partial charge on any atom is -0.397 e. The van der Waals surface area contributed by atoms with Gasteiger partial charge in [-0.1, -0.05) is 11.6 Å². The summed E-state index contributed by atoms with van der Waals surface area (Å²) in [5, 5.41) is 3.71. The Morgan fingerprint density at radius 2 is 1.94 bits per heavy atom. The van der Waals surface area contributed by atoms with Crippen LogP contribution >= 0.6 is 27.5 Å². The van der Waals surface area contributed by atoms with E-state index in [2.05, 4.69) is 21.2 Å². The van der Waals surface area contributed by atoms with Crippen molar-refractivity contribution in [2.75, 3.05) is 11.1 Å². The first kappa shape index (κ1) is 12.2. The van der Waals surface area contributed by atoms with Gasteiger partial charge in [0.15, 0.2) is 0 Å². The molecule has 0 aliphatic carbocycles. The van der Waals surface area contributed by atoms with Gasteiger partial charge in [-0.3, -0.25) is 0 Å². The highest BCUT2D eigenvalue weighted by molar-refractivity contribution is 9.10. The smallest absolute Gasteiger partial charge is 0.125 e. The highest BCUT2D eigenvalue weighted by Crippen LogP contribution is 2.29. The number of hydrogen-bond donors (Lipinski definition) is 2. The Morgan fingerprint density at radius 3 is 2.59 bits per heavy atom. The highest BCUT2D eigenvalue weighted by atomic mass is 79.9. The molecule has 0 fully saturated rings. The zero-order chi connectivity index (χ0) is 12.4. The SMILES string of the molecule is Nc1cc(F)ccc1Nc1ccc(Cl)c(Br)c1. The molecule has 2 nitrogen and oxygen atoms in total. The minimum atomic E-state index is -0.356. The summed E-state index contributed by atoms with van der Waals surface area (Å²) in [6, 6.07) is 9.61. The molecule has 0 saturated carbocycles. The zero-order valence-corrected chi connectivity index (χ0v) is 11.0. The number of halogens is 3. The van der Waals surface area contributed by atoms with E-state index in [9.17, 15) is 4.39 Å². The van der Waals surface area contributed by atoms with E-state index in [0.717, 1.165) is 10.2 Å². The molecule has 5 heteroatoms. The molecule has 0 spiro atoms. The molecular formula is C12H9BrClFN2. The summed E-state index contributed by atoms with van der Waals surface area (Å²) in [4.78, 5) is 0.